The Balaban J connectivity index is 2.53. The number of pyridine rings is 1. The standard InChI is InChI=1S/C11H12FN5O/c1-6-9(12)11(17-13)16-10(14-6)7-4-3-5-8(15-7)18-2/h3-5H,13H2,1-2H3,(H,14,16,17). The Bertz CT molecular complexity index is 575. The fourth-order valence-corrected chi connectivity index (χ4v) is 1.42. The molecule has 0 spiro atoms. The Labute approximate surface area is 103 Å². The number of halogens is 1. The van der Waals surface area contributed by atoms with Crippen LogP contribution in [0.3, 0.4) is 0 Å². The van der Waals surface area contributed by atoms with Crippen molar-refractivity contribution in [2.75, 3.05) is 12.5 Å². The number of anilines is 1. The van der Waals surface area contributed by atoms with Crippen molar-refractivity contribution in [2.45, 2.75) is 6.92 Å². The molecular weight excluding hydrogens is 237 g/mol. The maximum atomic E-state index is 13.5. The summed E-state index contributed by atoms with van der Waals surface area (Å²) in [5, 5.41) is 0. The van der Waals surface area contributed by atoms with Gasteiger partial charge >= 0.3 is 0 Å². The van der Waals surface area contributed by atoms with Gasteiger partial charge in [-0.2, -0.15) is 0 Å². The first-order valence-corrected chi connectivity index (χ1v) is 5.18. The second-order valence-electron chi connectivity index (χ2n) is 3.50. The van der Waals surface area contributed by atoms with Crippen LogP contribution in [0, 0.1) is 12.7 Å². The van der Waals surface area contributed by atoms with Gasteiger partial charge in [0, 0.05) is 6.07 Å². The summed E-state index contributed by atoms with van der Waals surface area (Å²) in [6.07, 6.45) is 0. The Kier molecular flexibility index (Phi) is 3.33. The average molecular weight is 249 g/mol. The summed E-state index contributed by atoms with van der Waals surface area (Å²) >= 11 is 0. The van der Waals surface area contributed by atoms with Crippen LogP contribution < -0.4 is 16.0 Å². The number of hydrogen-bond acceptors (Lipinski definition) is 6. The van der Waals surface area contributed by atoms with Gasteiger partial charge in [0.1, 0.15) is 5.69 Å². The van der Waals surface area contributed by atoms with Crippen molar-refractivity contribution in [2.24, 2.45) is 5.84 Å². The summed E-state index contributed by atoms with van der Waals surface area (Å²) < 4.78 is 18.5. The van der Waals surface area contributed by atoms with Crippen molar-refractivity contribution >= 4 is 5.82 Å². The van der Waals surface area contributed by atoms with Gasteiger partial charge in [0.25, 0.3) is 0 Å². The Morgan fingerprint density at radius 1 is 1.28 bits per heavy atom. The third-order valence-electron chi connectivity index (χ3n) is 2.32. The minimum Gasteiger partial charge on any atom is -0.481 e. The monoisotopic (exact) mass is 249 g/mol. The normalized spacial score (nSPS) is 10.2. The van der Waals surface area contributed by atoms with Gasteiger partial charge in [-0.3, -0.25) is 0 Å². The van der Waals surface area contributed by atoms with Crippen LogP contribution in [0.15, 0.2) is 18.2 Å². The van der Waals surface area contributed by atoms with E-state index in [9.17, 15) is 4.39 Å². The van der Waals surface area contributed by atoms with Crippen LogP contribution in [0.4, 0.5) is 10.2 Å². The highest BCUT2D eigenvalue weighted by Crippen LogP contribution is 2.20. The summed E-state index contributed by atoms with van der Waals surface area (Å²) in [7, 11) is 1.51. The molecule has 0 unspecified atom stereocenters. The fraction of sp³-hybridized carbons (Fsp3) is 0.182. The molecule has 3 N–H and O–H groups in total. The quantitative estimate of drug-likeness (QED) is 0.629. The molecule has 2 aromatic rings. The number of methoxy groups -OCH3 is 1. The highest BCUT2D eigenvalue weighted by molar-refractivity contribution is 5.54. The smallest absolute Gasteiger partial charge is 0.213 e. The topological polar surface area (TPSA) is 86.0 Å². The van der Waals surface area contributed by atoms with E-state index in [-0.39, 0.29) is 17.3 Å². The van der Waals surface area contributed by atoms with Gasteiger partial charge in [-0.05, 0) is 13.0 Å². The maximum Gasteiger partial charge on any atom is 0.213 e. The lowest BCUT2D eigenvalue weighted by molar-refractivity contribution is 0.398. The molecule has 18 heavy (non-hydrogen) atoms. The lowest BCUT2D eigenvalue weighted by atomic mass is 10.3. The molecule has 0 saturated heterocycles. The summed E-state index contributed by atoms with van der Waals surface area (Å²) in [5.74, 6) is 5.26. The van der Waals surface area contributed by atoms with Gasteiger partial charge in [0.15, 0.2) is 17.5 Å². The van der Waals surface area contributed by atoms with Crippen LogP contribution in [-0.2, 0) is 0 Å². The Morgan fingerprint density at radius 2 is 2.06 bits per heavy atom. The molecule has 0 amide bonds. The first-order chi connectivity index (χ1) is 8.65. The summed E-state index contributed by atoms with van der Waals surface area (Å²) in [6.45, 7) is 1.53. The number of rotatable bonds is 3. The molecule has 0 aromatic carbocycles. The Morgan fingerprint density at radius 3 is 2.72 bits per heavy atom. The molecule has 2 rings (SSSR count). The minimum atomic E-state index is -0.579. The number of hydrogen-bond donors (Lipinski definition) is 2. The lowest BCUT2D eigenvalue weighted by Crippen LogP contribution is -2.13. The van der Waals surface area contributed by atoms with E-state index in [0.29, 0.717) is 11.6 Å². The molecule has 94 valence electrons. The van der Waals surface area contributed by atoms with Crippen molar-refractivity contribution in [3.63, 3.8) is 0 Å². The van der Waals surface area contributed by atoms with Gasteiger partial charge in [-0.1, -0.05) is 6.07 Å². The minimum absolute atomic E-state index is 0.0675. The van der Waals surface area contributed by atoms with E-state index in [1.807, 2.05) is 0 Å². The van der Waals surface area contributed by atoms with E-state index in [0.717, 1.165) is 0 Å². The van der Waals surface area contributed by atoms with E-state index in [4.69, 9.17) is 10.6 Å². The van der Waals surface area contributed by atoms with Crippen molar-refractivity contribution in [1.29, 1.82) is 0 Å². The van der Waals surface area contributed by atoms with E-state index >= 15 is 0 Å². The first-order valence-electron chi connectivity index (χ1n) is 5.18. The van der Waals surface area contributed by atoms with Crippen molar-refractivity contribution < 1.29 is 9.13 Å². The van der Waals surface area contributed by atoms with Crippen molar-refractivity contribution in [1.82, 2.24) is 15.0 Å². The van der Waals surface area contributed by atoms with Crippen LogP contribution >= 0.6 is 0 Å². The molecule has 0 saturated carbocycles. The molecule has 0 aliphatic rings. The van der Waals surface area contributed by atoms with Gasteiger partial charge in [0.2, 0.25) is 5.88 Å². The lowest BCUT2D eigenvalue weighted by Gasteiger charge is -2.07. The number of aromatic nitrogens is 3. The van der Waals surface area contributed by atoms with Crippen molar-refractivity contribution in [3.05, 3.63) is 29.7 Å². The molecule has 6 nitrogen and oxygen atoms in total. The average Bonchev–Trinajstić information content (AvgIpc) is 2.41. The van der Waals surface area contributed by atoms with Crippen LogP contribution in [0.25, 0.3) is 11.5 Å². The highest BCUT2D eigenvalue weighted by Gasteiger charge is 2.12. The van der Waals surface area contributed by atoms with Crippen LogP contribution in [0.5, 0.6) is 5.88 Å². The van der Waals surface area contributed by atoms with Crippen LogP contribution in [0.2, 0.25) is 0 Å². The van der Waals surface area contributed by atoms with Gasteiger partial charge in [0.05, 0.1) is 12.8 Å². The molecule has 2 heterocycles. The number of ether oxygens (including phenoxy) is 1. The van der Waals surface area contributed by atoms with E-state index < -0.39 is 5.82 Å². The molecule has 0 fully saturated rings. The molecule has 0 radical (unpaired) electrons. The molecular formula is C11H12FN5O. The van der Waals surface area contributed by atoms with E-state index in [1.54, 1.807) is 18.2 Å². The molecule has 0 bridgehead atoms. The second-order valence-corrected chi connectivity index (χ2v) is 3.50. The zero-order valence-electron chi connectivity index (χ0n) is 9.94. The first kappa shape index (κ1) is 12.2. The predicted molar refractivity (Wildman–Crippen MR) is 64.3 cm³/mol. The predicted octanol–water partition coefficient (Wildman–Crippen LogP) is 1.28. The van der Waals surface area contributed by atoms with E-state index in [1.165, 1.54) is 14.0 Å². The number of nitrogen functional groups attached to an aromatic ring is 1. The number of aryl methyl sites for hydroxylation is 1. The summed E-state index contributed by atoms with van der Waals surface area (Å²) in [5.41, 5.74) is 2.86. The number of hydrazine groups is 1. The molecule has 0 atom stereocenters. The fourth-order valence-electron chi connectivity index (χ4n) is 1.42. The third kappa shape index (κ3) is 2.21. The molecule has 0 aliphatic carbocycles. The largest absolute Gasteiger partial charge is 0.481 e. The Hall–Kier alpha value is -2.28. The zero-order valence-corrected chi connectivity index (χ0v) is 9.94. The van der Waals surface area contributed by atoms with Crippen molar-refractivity contribution in [3.8, 4) is 17.4 Å². The summed E-state index contributed by atoms with van der Waals surface area (Å²) in [4.78, 5) is 12.2. The SMILES string of the molecule is COc1cccc(-c2nc(C)c(F)c(NN)n2)n1. The van der Waals surface area contributed by atoms with Crippen LogP contribution in [0.1, 0.15) is 5.69 Å². The highest BCUT2D eigenvalue weighted by atomic mass is 19.1. The van der Waals surface area contributed by atoms with E-state index in [2.05, 4.69) is 20.4 Å². The number of nitrogens with zero attached hydrogens (tertiary/aromatic N) is 3. The zero-order chi connectivity index (χ0) is 13.1. The van der Waals surface area contributed by atoms with Gasteiger partial charge < -0.3 is 10.2 Å². The molecule has 0 aliphatic heterocycles. The van der Waals surface area contributed by atoms with Gasteiger partial charge in [-0.15, -0.1) is 0 Å². The number of nitrogens with two attached hydrogens (primary N) is 1. The molecule has 7 heteroatoms. The molecule has 2 aromatic heterocycles. The third-order valence-corrected chi connectivity index (χ3v) is 2.32. The van der Waals surface area contributed by atoms with Crippen LogP contribution in [-0.4, -0.2) is 22.1 Å². The van der Waals surface area contributed by atoms with Gasteiger partial charge in [-0.25, -0.2) is 25.2 Å². The summed E-state index contributed by atoms with van der Waals surface area (Å²) in [6, 6.07) is 5.15. The number of nitrogens with one attached hydrogen (secondary N) is 1. The second kappa shape index (κ2) is 4.92. The maximum absolute atomic E-state index is 13.5.